The predicted octanol–water partition coefficient (Wildman–Crippen LogP) is 14.1. The number of fused-ring (bicyclic) bond motifs is 1. The van der Waals surface area contributed by atoms with Crippen LogP contribution in [0.3, 0.4) is 0 Å². The van der Waals surface area contributed by atoms with Crippen LogP contribution in [0.4, 0.5) is 90.4 Å². The number of anilines is 1. The largest absolute Gasteiger partial charge is 0.460 e. The fourth-order valence-electron chi connectivity index (χ4n) is 7.46. The van der Waals surface area contributed by atoms with Crippen molar-refractivity contribution >= 4 is 23.0 Å². The Balaban J connectivity index is 1.55. The summed E-state index contributed by atoms with van der Waals surface area (Å²) in [7, 11) is 0. The van der Waals surface area contributed by atoms with Gasteiger partial charge >= 0.3 is 47.9 Å². The lowest BCUT2D eigenvalue weighted by Gasteiger charge is -2.35. The Labute approximate surface area is 355 Å². The Hall–Kier alpha value is -3.81. The van der Waals surface area contributed by atoms with Crippen molar-refractivity contribution in [2.45, 2.75) is 125 Å². The summed E-state index contributed by atoms with van der Waals surface area (Å²) in [5.41, 5.74) is 1.02. The number of benzene rings is 2. The van der Waals surface area contributed by atoms with Crippen LogP contribution >= 0.6 is 11.6 Å². The first-order chi connectivity index (χ1) is 28.5. The van der Waals surface area contributed by atoms with Crippen LogP contribution in [-0.2, 0) is 10.8 Å². The van der Waals surface area contributed by atoms with Gasteiger partial charge < -0.3 is 10.2 Å². The van der Waals surface area contributed by atoms with Crippen molar-refractivity contribution in [3.05, 3.63) is 106 Å². The van der Waals surface area contributed by atoms with E-state index in [1.165, 1.54) is 30.3 Å². The summed E-state index contributed by atoms with van der Waals surface area (Å²) in [4.78, 5) is 1.15. The maximum absolute atomic E-state index is 14.7. The van der Waals surface area contributed by atoms with Crippen molar-refractivity contribution < 1.29 is 84.3 Å². The smallest absolute Gasteiger partial charge is 0.344 e. The first kappa shape index (κ1) is 51.8. The molecule has 2 aromatic rings. The minimum atomic E-state index is -7.03. The lowest BCUT2D eigenvalue weighted by atomic mass is 9.80. The number of nitrogens with two attached hydrogens (primary N) is 1. The summed E-state index contributed by atoms with van der Waals surface area (Å²) < 4.78 is 244. The van der Waals surface area contributed by atoms with E-state index in [0.29, 0.717) is 41.5 Å². The van der Waals surface area contributed by atoms with E-state index in [1.807, 2.05) is 0 Å². The molecule has 0 spiro atoms. The molecular formula is C42H42ClF18N2+. The van der Waals surface area contributed by atoms with Gasteiger partial charge in [-0.25, -0.2) is 0 Å². The minimum Gasteiger partial charge on any atom is -0.344 e. The van der Waals surface area contributed by atoms with Gasteiger partial charge in [-0.15, -0.1) is 0 Å². The first-order valence-corrected chi connectivity index (χ1v) is 19.5. The molecule has 0 saturated carbocycles. The molecule has 0 aromatic heterocycles. The number of halogens is 19. The van der Waals surface area contributed by atoms with Crippen LogP contribution < -0.4 is 10.2 Å². The molecule has 2 N–H and O–H groups in total. The van der Waals surface area contributed by atoms with Crippen molar-refractivity contribution in [3.63, 3.8) is 0 Å². The SMILES string of the molecule is CC(C)(C/C=C/C1=C(Cl)C(=C/C=C2/N(CCC(F)(F)C(F)(F)C(F)(F)C(F)(F)F)c3ccccc3C2(C)C)/CCC1)c1ccccc1[NH2+]CCC(F)(F)C(F)(F)C(F)(F)C(F)(F)F. The predicted molar refractivity (Wildman–Crippen MR) is 200 cm³/mol. The number of nitrogens with zero attached hydrogens (tertiary/aromatic N) is 1. The number of para-hydroxylation sites is 2. The van der Waals surface area contributed by atoms with Crippen molar-refractivity contribution in [2.75, 3.05) is 18.0 Å². The number of allylic oxidation sites excluding steroid dienone is 8. The van der Waals surface area contributed by atoms with Crippen LogP contribution in [0.15, 0.2) is 94.7 Å². The van der Waals surface area contributed by atoms with Crippen molar-refractivity contribution in [1.29, 1.82) is 0 Å². The highest BCUT2D eigenvalue weighted by atomic mass is 35.5. The zero-order valence-electron chi connectivity index (χ0n) is 33.8. The average molecular weight is 952 g/mol. The topological polar surface area (TPSA) is 19.9 Å². The Morgan fingerprint density at radius 1 is 0.667 bits per heavy atom. The van der Waals surface area contributed by atoms with E-state index in [0.717, 1.165) is 10.2 Å². The van der Waals surface area contributed by atoms with Gasteiger partial charge in [-0.3, -0.25) is 0 Å². The van der Waals surface area contributed by atoms with Gasteiger partial charge in [-0.2, -0.15) is 79.0 Å². The molecule has 21 heteroatoms. The third-order valence-electron chi connectivity index (χ3n) is 11.2. The molecule has 0 bridgehead atoms. The van der Waals surface area contributed by atoms with Gasteiger partial charge in [0.1, 0.15) is 5.69 Å². The highest BCUT2D eigenvalue weighted by Crippen LogP contribution is 2.56. The van der Waals surface area contributed by atoms with Crippen LogP contribution in [0.1, 0.15) is 77.3 Å². The number of hydrogen-bond acceptors (Lipinski definition) is 1. The summed E-state index contributed by atoms with van der Waals surface area (Å²) in [6.07, 6.45) is -9.90. The Bertz CT molecular complexity index is 2090. The van der Waals surface area contributed by atoms with Crippen LogP contribution in [0.5, 0.6) is 0 Å². The first-order valence-electron chi connectivity index (χ1n) is 19.2. The van der Waals surface area contributed by atoms with Crippen molar-refractivity contribution in [1.82, 2.24) is 0 Å². The van der Waals surface area contributed by atoms with Gasteiger partial charge in [-0.05, 0) is 66.0 Å². The van der Waals surface area contributed by atoms with Gasteiger partial charge in [0.25, 0.3) is 0 Å². The van der Waals surface area contributed by atoms with E-state index >= 15 is 0 Å². The zero-order valence-corrected chi connectivity index (χ0v) is 34.5. The third-order valence-corrected chi connectivity index (χ3v) is 11.7. The zero-order chi connectivity index (χ0) is 48.0. The van der Waals surface area contributed by atoms with Crippen molar-refractivity contribution in [3.8, 4) is 0 Å². The van der Waals surface area contributed by atoms with Gasteiger partial charge in [0, 0.05) is 40.4 Å². The normalized spacial score (nSPS) is 18.9. The number of rotatable bonds is 16. The Morgan fingerprint density at radius 3 is 1.76 bits per heavy atom. The number of alkyl halides is 18. The molecule has 0 saturated heterocycles. The highest BCUT2D eigenvalue weighted by Gasteiger charge is 2.82. The lowest BCUT2D eigenvalue weighted by molar-refractivity contribution is -0.577. The van der Waals surface area contributed by atoms with Crippen molar-refractivity contribution in [2.24, 2.45) is 0 Å². The molecule has 2 aliphatic rings. The standard InChI is InChI=1S/C42H41ClF18N2/c1-33(2,27-14-5-7-16-29(27)62-23-21-35(44,45)37(48,49)39(52,53)41(56,57)58)20-10-13-25-11-9-12-26(32(25)43)18-19-31-34(3,4)28-15-6-8-17-30(28)63(31)24-22-36(46,47)38(50,51)40(54,55)42(59,60)61/h5-8,10,13-19,62H,9,11-12,20-24H2,1-4H3/p+1/b13-10+,26-18+,31-19+. The van der Waals surface area contributed by atoms with Crippen LogP contribution in [0, 0.1) is 0 Å². The van der Waals surface area contributed by atoms with Crippen LogP contribution in [-0.4, -0.2) is 61.0 Å². The second-order valence-electron chi connectivity index (χ2n) is 16.5. The lowest BCUT2D eigenvalue weighted by Crippen LogP contribution is -2.80. The number of hydrogen-bond donors (Lipinski definition) is 1. The Morgan fingerprint density at radius 2 is 1.19 bits per heavy atom. The molecular weight excluding hydrogens is 910 g/mol. The van der Waals surface area contributed by atoms with Crippen LogP contribution in [0.2, 0.25) is 0 Å². The molecule has 0 fully saturated rings. The maximum Gasteiger partial charge on any atom is 0.460 e. The van der Waals surface area contributed by atoms with Crippen LogP contribution in [0.25, 0.3) is 0 Å². The molecule has 2 aromatic carbocycles. The summed E-state index contributed by atoms with van der Waals surface area (Å²) in [5, 5.41) is 1.30. The van der Waals surface area contributed by atoms with E-state index in [9.17, 15) is 79.0 Å². The van der Waals surface area contributed by atoms with E-state index < -0.39 is 84.6 Å². The van der Waals surface area contributed by atoms with Gasteiger partial charge in [0.05, 0.1) is 13.0 Å². The third kappa shape index (κ3) is 9.76. The molecule has 1 aliphatic carbocycles. The fourth-order valence-corrected chi connectivity index (χ4v) is 7.77. The molecule has 0 atom stereocenters. The summed E-state index contributed by atoms with van der Waals surface area (Å²) in [6, 6.07) is 12.2. The minimum absolute atomic E-state index is 0.221. The quantitative estimate of drug-likeness (QED) is 0.131. The average Bonchev–Trinajstić information content (AvgIpc) is 3.37. The highest BCUT2D eigenvalue weighted by molar-refractivity contribution is 6.32. The summed E-state index contributed by atoms with van der Waals surface area (Å²) in [6.45, 7) is 4.73. The second-order valence-corrected chi connectivity index (χ2v) is 16.9. The molecule has 63 heavy (non-hydrogen) atoms. The fraction of sp³-hybridized carbons (Fsp3) is 0.524. The number of quaternary nitrogens is 1. The Kier molecular flexibility index (Phi) is 14.4. The monoisotopic (exact) mass is 951 g/mol. The molecule has 0 unspecified atom stereocenters. The summed E-state index contributed by atoms with van der Waals surface area (Å²) in [5.74, 6) is -39.1. The second kappa shape index (κ2) is 17.5. The molecule has 2 nitrogen and oxygen atoms in total. The van der Waals surface area contributed by atoms with Gasteiger partial charge in [-0.1, -0.05) is 93.9 Å². The molecule has 1 aliphatic heterocycles. The van der Waals surface area contributed by atoms with Gasteiger partial charge in [0.15, 0.2) is 0 Å². The molecule has 1 heterocycles. The maximum atomic E-state index is 14.7. The van der Waals surface area contributed by atoms with E-state index in [1.54, 1.807) is 70.2 Å². The van der Waals surface area contributed by atoms with E-state index in [4.69, 9.17) is 11.6 Å². The summed E-state index contributed by atoms with van der Waals surface area (Å²) >= 11 is 6.80. The molecule has 352 valence electrons. The molecule has 0 radical (unpaired) electrons. The van der Waals surface area contributed by atoms with E-state index in [2.05, 4.69) is 0 Å². The molecule has 4 rings (SSSR count). The molecule has 0 amide bonds. The van der Waals surface area contributed by atoms with E-state index in [-0.39, 0.29) is 28.5 Å². The van der Waals surface area contributed by atoms with Gasteiger partial charge in [0.2, 0.25) is 0 Å².